The van der Waals surface area contributed by atoms with Gasteiger partial charge in [0.25, 0.3) is 0 Å². The molecule has 0 aromatic carbocycles. The van der Waals surface area contributed by atoms with Gasteiger partial charge in [-0.25, -0.2) is 0 Å². The fourth-order valence-corrected chi connectivity index (χ4v) is 10.6. The number of rotatable bonds is 19. The predicted octanol–water partition coefficient (Wildman–Crippen LogP) is 9.77. The quantitative estimate of drug-likeness (QED) is 0.0830. The van der Waals surface area contributed by atoms with E-state index in [1.165, 1.54) is 51.4 Å². The molecule has 0 radical (unpaired) electrons. The lowest BCUT2D eigenvalue weighted by Crippen LogP contribution is -2.34. The van der Waals surface area contributed by atoms with E-state index in [1.54, 1.807) is 0 Å². The Morgan fingerprint density at radius 2 is 0.824 bits per heavy atom. The lowest BCUT2D eigenvalue weighted by molar-refractivity contribution is 0.410. The van der Waals surface area contributed by atoms with Crippen molar-refractivity contribution in [1.29, 1.82) is 0 Å². The summed E-state index contributed by atoms with van der Waals surface area (Å²) >= 11 is 15.5. The average molecular weight is 585 g/mol. The van der Waals surface area contributed by atoms with Gasteiger partial charge in [-0.3, -0.25) is 0 Å². The first kappa shape index (κ1) is 35.2. The van der Waals surface area contributed by atoms with Crippen molar-refractivity contribution in [3.8, 4) is 0 Å². The fourth-order valence-electron chi connectivity index (χ4n) is 3.01. The van der Waals surface area contributed by atoms with Gasteiger partial charge in [0.05, 0.1) is 0 Å². The first-order valence-electron chi connectivity index (χ1n) is 13.2. The SMILES string of the molecule is CCCCN(CCCC)C(=S)SC(C)(C)CSSCC(C)(C)SC(=S)N(CCCC)CCCC. The minimum Gasteiger partial charge on any atom is -0.358 e. The van der Waals surface area contributed by atoms with Gasteiger partial charge in [0.1, 0.15) is 8.64 Å². The molecule has 2 nitrogen and oxygen atoms in total. The van der Waals surface area contributed by atoms with Crippen LogP contribution in [0.3, 0.4) is 0 Å². The normalized spacial score (nSPS) is 12.1. The van der Waals surface area contributed by atoms with E-state index >= 15 is 0 Å². The summed E-state index contributed by atoms with van der Waals surface area (Å²) in [5.74, 6) is 2.17. The zero-order valence-electron chi connectivity index (χ0n) is 23.2. The minimum atomic E-state index is 0.134. The maximum absolute atomic E-state index is 5.87. The summed E-state index contributed by atoms with van der Waals surface area (Å²) in [5, 5.41) is 0. The zero-order chi connectivity index (χ0) is 26.0. The van der Waals surface area contributed by atoms with Gasteiger partial charge in [0.2, 0.25) is 0 Å². The molecule has 0 atom stereocenters. The Morgan fingerprint density at radius 1 is 0.559 bits per heavy atom. The maximum atomic E-state index is 5.87. The first-order valence-corrected chi connectivity index (χ1v) is 18.2. The fraction of sp³-hybridized carbons (Fsp3) is 0.923. The van der Waals surface area contributed by atoms with Crippen molar-refractivity contribution >= 4 is 78.2 Å². The topological polar surface area (TPSA) is 6.48 Å². The molecule has 0 fully saturated rings. The smallest absolute Gasteiger partial charge is 0.136 e. The van der Waals surface area contributed by atoms with Crippen molar-refractivity contribution in [2.75, 3.05) is 37.7 Å². The van der Waals surface area contributed by atoms with E-state index in [-0.39, 0.29) is 9.49 Å². The molecule has 0 spiro atoms. The second-order valence-electron chi connectivity index (χ2n) is 10.2. The summed E-state index contributed by atoms with van der Waals surface area (Å²) in [4.78, 5) is 4.88. The first-order chi connectivity index (χ1) is 16.0. The van der Waals surface area contributed by atoms with E-state index in [2.05, 4.69) is 65.2 Å². The summed E-state index contributed by atoms with van der Waals surface area (Å²) in [6.45, 7) is 22.8. The molecule has 0 heterocycles. The predicted molar refractivity (Wildman–Crippen MR) is 176 cm³/mol. The standard InChI is InChI=1S/C26H52N2S6/c1-9-13-17-27(18-14-10-2)23(29)33-25(5,6)21-31-32-22-26(7,8)34-24(30)28(19-15-11-3)20-16-12-4/h9-22H2,1-8H3. The van der Waals surface area contributed by atoms with E-state index in [9.17, 15) is 0 Å². The molecule has 0 aromatic heterocycles. The number of hydrogen-bond donors (Lipinski definition) is 0. The summed E-state index contributed by atoms with van der Waals surface area (Å²) < 4.78 is 2.43. The Hall–Kier alpha value is 1.18. The van der Waals surface area contributed by atoms with Crippen LogP contribution in [0.25, 0.3) is 0 Å². The van der Waals surface area contributed by atoms with Gasteiger partial charge in [-0.15, -0.1) is 0 Å². The second kappa shape index (κ2) is 20.2. The largest absolute Gasteiger partial charge is 0.358 e. The molecule has 0 aliphatic heterocycles. The molecule has 0 N–H and O–H groups in total. The van der Waals surface area contributed by atoms with Crippen molar-refractivity contribution in [2.45, 2.75) is 116 Å². The lowest BCUT2D eigenvalue weighted by Gasteiger charge is -2.32. The van der Waals surface area contributed by atoms with Crippen LogP contribution in [0.2, 0.25) is 0 Å². The number of thiocarbonyl (C=S) groups is 2. The molecule has 0 saturated heterocycles. The summed E-state index contributed by atoms with van der Waals surface area (Å²) in [7, 11) is 3.97. The van der Waals surface area contributed by atoms with E-state index < -0.39 is 0 Å². The second-order valence-corrected chi connectivity index (χ2v) is 17.3. The Bertz CT molecular complexity index is 489. The zero-order valence-corrected chi connectivity index (χ0v) is 28.1. The summed E-state index contributed by atoms with van der Waals surface area (Å²) in [5.41, 5.74) is 0. The molecule has 0 aliphatic rings. The average Bonchev–Trinajstić information content (AvgIpc) is 2.76. The monoisotopic (exact) mass is 584 g/mol. The molecule has 0 rings (SSSR count). The summed E-state index contributed by atoms with van der Waals surface area (Å²) in [6.07, 6.45) is 9.76. The molecule has 0 unspecified atom stereocenters. The van der Waals surface area contributed by atoms with Gasteiger partial charge >= 0.3 is 0 Å². The maximum Gasteiger partial charge on any atom is 0.136 e. The number of nitrogens with zero attached hydrogens (tertiary/aromatic N) is 2. The van der Waals surface area contributed by atoms with E-state index in [0.717, 1.165) is 46.3 Å². The Balaban J connectivity index is 4.60. The Labute approximate surface area is 240 Å². The molecule has 0 amide bonds. The van der Waals surface area contributed by atoms with Crippen LogP contribution in [0.5, 0.6) is 0 Å². The van der Waals surface area contributed by atoms with E-state index in [1.807, 2.05) is 45.1 Å². The van der Waals surface area contributed by atoms with Gasteiger partial charge in [-0.2, -0.15) is 0 Å². The molecule has 202 valence electrons. The van der Waals surface area contributed by atoms with Crippen molar-refractivity contribution in [2.24, 2.45) is 0 Å². The molecule has 0 bridgehead atoms. The van der Waals surface area contributed by atoms with Crippen LogP contribution >= 0.6 is 69.5 Å². The van der Waals surface area contributed by atoms with Gasteiger partial charge in [-0.1, -0.05) is 123 Å². The van der Waals surface area contributed by atoms with Gasteiger partial charge < -0.3 is 9.80 Å². The van der Waals surface area contributed by atoms with Crippen LogP contribution in [0.1, 0.15) is 107 Å². The van der Waals surface area contributed by atoms with Crippen molar-refractivity contribution in [1.82, 2.24) is 9.80 Å². The third-order valence-electron chi connectivity index (χ3n) is 5.27. The van der Waals surface area contributed by atoms with Crippen LogP contribution in [0.4, 0.5) is 0 Å². The van der Waals surface area contributed by atoms with Crippen LogP contribution < -0.4 is 0 Å². The number of hydrogen-bond acceptors (Lipinski definition) is 6. The van der Waals surface area contributed by atoms with Crippen molar-refractivity contribution < 1.29 is 0 Å². The molecule has 0 aromatic rings. The minimum absolute atomic E-state index is 0.134. The Morgan fingerprint density at radius 3 is 1.06 bits per heavy atom. The third kappa shape index (κ3) is 17.6. The molecule has 0 saturated carbocycles. The molecular formula is C26H52N2S6. The van der Waals surface area contributed by atoms with Crippen LogP contribution in [-0.4, -0.2) is 65.6 Å². The molecule has 34 heavy (non-hydrogen) atoms. The number of unbranched alkanes of at least 4 members (excludes halogenated alkanes) is 4. The van der Waals surface area contributed by atoms with Gasteiger partial charge in [0.15, 0.2) is 0 Å². The Kier molecular flexibility index (Phi) is 20.9. The number of thioether (sulfide) groups is 2. The van der Waals surface area contributed by atoms with E-state index in [4.69, 9.17) is 24.4 Å². The van der Waals surface area contributed by atoms with Crippen LogP contribution in [0.15, 0.2) is 0 Å². The highest BCUT2D eigenvalue weighted by molar-refractivity contribution is 8.76. The van der Waals surface area contributed by atoms with Gasteiger partial charge in [0, 0.05) is 47.2 Å². The lowest BCUT2D eigenvalue weighted by atomic mass is 10.2. The van der Waals surface area contributed by atoms with E-state index in [0.29, 0.717) is 0 Å². The highest BCUT2D eigenvalue weighted by atomic mass is 33.1. The highest BCUT2D eigenvalue weighted by Crippen LogP contribution is 2.39. The highest BCUT2D eigenvalue weighted by Gasteiger charge is 2.26. The van der Waals surface area contributed by atoms with Crippen molar-refractivity contribution in [3.05, 3.63) is 0 Å². The summed E-state index contributed by atoms with van der Waals surface area (Å²) in [6, 6.07) is 0. The molecular weight excluding hydrogens is 533 g/mol. The van der Waals surface area contributed by atoms with Crippen LogP contribution in [0, 0.1) is 0 Å². The third-order valence-corrected chi connectivity index (χ3v) is 12.0. The molecule has 8 heteroatoms. The van der Waals surface area contributed by atoms with Crippen LogP contribution in [-0.2, 0) is 0 Å². The van der Waals surface area contributed by atoms with Crippen molar-refractivity contribution in [3.63, 3.8) is 0 Å². The van der Waals surface area contributed by atoms with Gasteiger partial charge in [-0.05, 0) is 53.4 Å². The molecule has 0 aliphatic carbocycles.